The van der Waals surface area contributed by atoms with E-state index in [4.69, 9.17) is 27.8 Å². The number of rotatable bonds is 10. The Morgan fingerprint density at radius 2 is 1.62 bits per heavy atom. The Bertz CT molecular complexity index is 1010. The number of amides is 1. The Morgan fingerprint density at radius 3 is 2.05 bits per heavy atom. The molecule has 0 aromatic carbocycles. The maximum Gasteiger partial charge on any atom is 0.480 e. The zero-order valence-electron chi connectivity index (χ0n) is 22.9. The standard InChI is InChI=1S/C23H36FN2O12P/c1-14-25-15(27)9-10-26(14)17-22(8,31)16(28)23(24,38-17)11-35-39(32,36-12-33-18(29)20(2,3)4)37-13-34-19(30)21(5,6)7/h9-10,16-17,28,31H,1,11-13H2,2-8H3,(H,25,27)/t16-,17+,22+,23+/m0/s1. The van der Waals surface area contributed by atoms with E-state index in [1.807, 2.05) is 0 Å². The zero-order chi connectivity index (χ0) is 30.0. The topological polar surface area (TPSA) is 179 Å². The van der Waals surface area contributed by atoms with Gasteiger partial charge < -0.3 is 34.6 Å². The van der Waals surface area contributed by atoms with Gasteiger partial charge in [0, 0.05) is 12.3 Å². The highest BCUT2D eigenvalue weighted by Crippen LogP contribution is 2.52. The van der Waals surface area contributed by atoms with Crippen LogP contribution in [0.2, 0.25) is 0 Å². The van der Waals surface area contributed by atoms with Crippen molar-refractivity contribution in [3.05, 3.63) is 24.7 Å². The van der Waals surface area contributed by atoms with Crippen molar-refractivity contribution in [3.63, 3.8) is 0 Å². The average Bonchev–Trinajstić information content (AvgIpc) is 2.97. The molecular weight excluding hydrogens is 546 g/mol. The van der Waals surface area contributed by atoms with Gasteiger partial charge in [0.25, 0.3) is 11.8 Å². The second-order valence-electron chi connectivity index (χ2n) is 11.1. The molecule has 2 heterocycles. The van der Waals surface area contributed by atoms with Crippen molar-refractivity contribution in [2.75, 3.05) is 20.2 Å². The van der Waals surface area contributed by atoms with Crippen LogP contribution >= 0.6 is 7.82 Å². The van der Waals surface area contributed by atoms with E-state index in [-0.39, 0.29) is 5.82 Å². The van der Waals surface area contributed by atoms with Crippen LogP contribution in [0.3, 0.4) is 0 Å². The number of aliphatic hydroxyl groups is 2. The van der Waals surface area contributed by atoms with Crippen LogP contribution in [-0.4, -0.2) is 76.9 Å². The van der Waals surface area contributed by atoms with Crippen LogP contribution in [0, 0.1) is 10.8 Å². The van der Waals surface area contributed by atoms with Crippen molar-refractivity contribution in [1.82, 2.24) is 10.2 Å². The number of phosphoric acid groups is 1. The Hall–Kier alpha value is -2.39. The smallest absolute Gasteiger partial charge is 0.437 e. The summed E-state index contributed by atoms with van der Waals surface area (Å²) in [6.45, 7) is 10.8. The van der Waals surface area contributed by atoms with Crippen LogP contribution in [0.15, 0.2) is 24.7 Å². The fraction of sp³-hybridized carbons (Fsp3) is 0.696. The lowest BCUT2D eigenvalue weighted by Gasteiger charge is -2.36. The SMILES string of the molecule is C=C1NC(=O)C=CN1[C@@H]1O[C@](F)(COP(=O)(OCOC(=O)C(C)(C)C)OCOC(=O)C(C)(C)C)[C@@H](O)[C@@]1(C)O. The number of hydrogen-bond acceptors (Lipinski definition) is 13. The zero-order valence-corrected chi connectivity index (χ0v) is 23.8. The Kier molecular flexibility index (Phi) is 9.77. The number of esters is 2. The highest BCUT2D eigenvalue weighted by molar-refractivity contribution is 7.48. The van der Waals surface area contributed by atoms with Crippen LogP contribution < -0.4 is 5.32 Å². The molecule has 0 spiro atoms. The van der Waals surface area contributed by atoms with Crippen LogP contribution in [0.1, 0.15) is 48.5 Å². The first kappa shape index (κ1) is 32.8. The number of nitrogens with one attached hydrogen (secondary N) is 1. The first-order valence-electron chi connectivity index (χ1n) is 11.7. The normalized spacial score (nSPS) is 27.9. The summed E-state index contributed by atoms with van der Waals surface area (Å²) in [5.74, 6) is -5.27. The minimum absolute atomic E-state index is 0.0798. The molecule has 0 saturated carbocycles. The van der Waals surface area contributed by atoms with Crippen molar-refractivity contribution in [1.29, 1.82) is 0 Å². The van der Waals surface area contributed by atoms with Crippen LogP contribution in [0.5, 0.6) is 0 Å². The van der Waals surface area contributed by atoms with Crippen LogP contribution in [0.4, 0.5) is 4.39 Å². The number of nitrogens with zero attached hydrogens (tertiary/aromatic N) is 1. The molecule has 3 N–H and O–H groups in total. The molecule has 0 aromatic heterocycles. The maximum atomic E-state index is 15.8. The molecule has 16 heteroatoms. The third kappa shape index (κ3) is 8.07. The molecule has 2 aliphatic rings. The number of alkyl halides is 1. The van der Waals surface area contributed by atoms with E-state index < -0.39 is 80.5 Å². The molecule has 2 rings (SSSR count). The minimum atomic E-state index is -4.84. The van der Waals surface area contributed by atoms with Gasteiger partial charge in [0.05, 0.1) is 10.8 Å². The molecule has 2 aliphatic heterocycles. The summed E-state index contributed by atoms with van der Waals surface area (Å²) in [6.07, 6.45) is -1.68. The van der Waals surface area contributed by atoms with Gasteiger partial charge in [-0.05, 0) is 48.5 Å². The lowest BCUT2D eigenvalue weighted by molar-refractivity contribution is -0.210. The summed E-state index contributed by atoms with van der Waals surface area (Å²) in [5.41, 5.74) is -4.17. The second kappa shape index (κ2) is 11.6. The van der Waals surface area contributed by atoms with E-state index in [1.54, 1.807) is 41.5 Å². The molecule has 1 fully saturated rings. The molecule has 39 heavy (non-hydrogen) atoms. The molecule has 0 unspecified atom stereocenters. The number of ether oxygens (including phenoxy) is 3. The third-order valence-corrected chi connectivity index (χ3v) is 6.72. The molecule has 14 nitrogen and oxygen atoms in total. The quantitative estimate of drug-likeness (QED) is 0.193. The lowest BCUT2D eigenvalue weighted by atomic mass is 9.95. The van der Waals surface area contributed by atoms with E-state index >= 15 is 4.39 Å². The molecule has 1 amide bonds. The Morgan fingerprint density at radius 1 is 1.13 bits per heavy atom. The van der Waals surface area contributed by atoms with Gasteiger partial charge >= 0.3 is 19.8 Å². The highest BCUT2D eigenvalue weighted by atomic mass is 31.2. The highest BCUT2D eigenvalue weighted by Gasteiger charge is 2.64. The summed E-state index contributed by atoms with van der Waals surface area (Å²) < 4.78 is 59.0. The van der Waals surface area contributed by atoms with Crippen LogP contribution in [-0.2, 0) is 46.7 Å². The molecule has 0 radical (unpaired) electrons. The first-order valence-corrected chi connectivity index (χ1v) is 13.2. The van der Waals surface area contributed by atoms with Crippen molar-refractivity contribution >= 4 is 25.7 Å². The van der Waals surface area contributed by atoms with Crippen molar-refractivity contribution in [2.24, 2.45) is 10.8 Å². The van der Waals surface area contributed by atoms with Gasteiger partial charge in [-0.3, -0.25) is 18.9 Å². The van der Waals surface area contributed by atoms with Crippen molar-refractivity contribution in [3.8, 4) is 0 Å². The van der Waals surface area contributed by atoms with Crippen molar-refractivity contribution in [2.45, 2.75) is 72.3 Å². The third-order valence-electron chi connectivity index (χ3n) is 5.43. The molecule has 1 saturated heterocycles. The maximum absolute atomic E-state index is 15.8. The fourth-order valence-corrected chi connectivity index (χ4v) is 4.02. The fourth-order valence-electron chi connectivity index (χ4n) is 3.10. The predicted octanol–water partition coefficient (Wildman–Crippen LogP) is 1.79. The second-order valence-corrected chi connectivity index (χ2v) is 12.8. The number of carbonyl (C=O) groups is 3. The number of aliphatic hydroxyl groups excluding tert-OH is 1. The number of hydrogen-bond donors (Lipinski definition) is 3. The van der Waals surface area contributed by atoms with E-state index in [1.165, 1.54) is 0 Å². The minimum Gasteiger partial charge on any atom is -0.437 e. The van der Waals surface area contributed by atoms with E-state index in [9.17, 15) is 29.2 Å². The summed E-state index contributed by atoms with van der Waals surface area (Å²) >= 11 is 0. The summed E-state index contributed by atoms with van der Waals surface area (Å²) in [5, 5.41) is 23.8. The molecular formula is C23H36FN2O12P. The lowest BCUT2D eigenvalue weighted by Crippen LogP contribution is -2.54. The monoisotopic (exact) mass is 582 g/mol. The number of halogens is 1. The first-order chi connectivity index (χ1) is 17.6. The van der Waals surface area contributed by atoms with Gasteiger partial charge in [-0.2, -0.15) is 0 Å². The summed E-state index contributed by atoms with van der Waals surface area (Å²) in [6, 6.07) is 0. The molecule has 0 aromatic rings. The van der Waals surface area contributed by atoms with Gasteiger partial charge in [-0.25, -0.2) is 18.0 Å². The molecule has 0 aliphatic carbocycles. The molecule has 4 atom stereocenters. The Labute approximate surface area is 225 Å². The summed E-state index contributed by atoms with van der Waals surface area (Å²) in [7, 11) is -4.84. The number of phosphoric ester groups is 1. The van der Waals surface area contributed by atoms with Gasteiger partial charge in [-0.1, -0.05) is 6.58 Å². The van der Waals surface area contributed by atoms with E-state index in [2.05, 4.69) is 11.9 Å². The van der Waals surface area contributed by atoms with Gasteiger partial charge in [0.1, 0.15) is 24.1 Å². The summed E-state index contributed by atoms with van der Waals surface area (Å²) in [4.78, 5) is 36.6. The molecule has 222 valence electrons. The molecule has 0 bridgehead atoms. The predicted molar refractivity (Wildman–Crippen MR) is 130 cm³/mol. The van der Waals surface area contributed by atoms with Gasteiger partial charge in [-0.15, -0.1) is 0 Å². The Balaban J connectivity index is 2.18. The largest absolute Gasteiger partial charge is 0.480 e. The van der Waals surface area contributed by atoms with E-state index in [0.717, 1.165) is 24.1 Å². The van der Waals surface area contributed by atoms with Crippen molar-refractivity contribution < 1.29 is 61.3 Å². The van der Waals surface area contributed by atoms with E-state index in [0.29, 0.717) is 0 Å². The number of carbonyl (C=O) groups excluding carboxylic acids is 3. The average molecular weight is 583 g/mol. The van der Waals surface area contributed by atoms with Gasteiger partial charge in [0.15, 0.2) is 6.23 Å². The van der Waals surface area contributed by atoms with Gasteiger partial charge in [0.2, 0.25) is 13.6 Å². The van der Waals surface area contributed by atoms with Crippen LogP contribution in [0.25, 0.3) is 0 Å².